The maximum Gasteiger partial charge on any atom is 0.223 e. The molecule has 0 atom stereocenters. The van der Waals surface area contributed by atoms with E-state index in [2.05, 4.69) is 27.8 Å². The van der Waals surface area contributed by atoms with Crippen molar-refractivity contribution in [2.45, 2.75) is 25.8 Å². The van der Waals surface area contributed by atoms with Crippen molar-refractivity contribution >= 4 is 23.0 Å². The molecule has 138 valence electrons. The quantitative estimate of drug-likeness (QED) is 0.841. The number of nitrogens with zero attached hydrogens (tertiary/aromatic N) is 4. The first-order chi connectivity index (χ1) is 12.0. The molecule has 25 heavy (non-hydrogen) atoms. The molecule has 2 aliphatic rings. The van der Waals surface area contributed by atoms with Gasteiger partial charge in [-0.05, 0) is 38.1 Å². The van der Waals surface area contributed by atoms with Gasteiger partial charge >= 0.3 is 0 Å². The van der Waals surface area contributed by atoms with Crippen LogP contribution in [0.3, 0.4) is 0 Å². The molecular weight excluding hydrogens is 314 g/mol. The smallest absolute Gasteiger partial charge is 0.223 e. The average Bonchev–Trinajstić information content (AvgIpc) is 2.62. The molecule has 1 aromatic carbocycles. The zero-order chi connectivity index (χ0) is 18.0. The van der Waals surface area contributed by atoms with Crippen LogP contribution in [0.15, 0.2) is 18.2 Å². The molecular formula is C19H31N5O. The first-order valence-corrected chi connectivity index (χ1v) is 9.27. The summed E-state index contributed by atoms with van der Waals surface area (Å²) >= 11 is 0. The number of piperazine rings is 1. The molecule has 2 aliphatic heterocycles. The second-order valence-electron chi connectivity index (χ2n) is 7.38. The Bertz CT molecular complexity index is 604. The fourth-order valence-electron chi connectivity index (χ4n) is 3.91. The summed E-state index contributed by atoms with van der Waals surface area (Å²) in [5.41, 5.74) is 8.67. The van der Waals surface area contributed by atoms with E-state index in [0.717, 1.165) is 24.5 Å². The number of hydrogen-bond acceptors (Lipinski definition) is 5. The van der Waals surface area contributed by atoms with Gasteiger partial charge in [-0.15, -0.1) is 0 Å². The first-order valence-electron chi connectivity index (χ1n) is 9.27. The summed E-state index contributed by atoms with van der Waals surface area (Å²) in [6, 6.07) is 6.58. The Balaban J connectivity index is 1.68. The molecule has 0 unspecified atom stereocenters. The topological polar surface area (TPSA) is 56.1 Å². The number of benzene rings is 1. The van der Waals surface area contributed by atoms with E-state index in [1.807, 2.05) is 19.2 Å². The molecule has 0 aliphatic carbocycles. The van der Waals surface area contributed by atoms with Crippen molar-refractivity contribution in [2.75, 3.05) is 68.9 Å². The molecule has 0 spiro atoms. The highest BCUT2D eigenvalue weighted by atomic mass is 16.2. The van der Waals surface area contributed by atoms with E-state index in [4.69, 9.17) is 5.73 Å². The van der Waals surface area contributed by atoms with Gasteiger partial charge < -0.3 is 20.4 Å². The summed E-state index contributed by atoms with van der Waals surface area (Å²) in [6.07, 6.45) is 2.36. The number of nitrogens with two attached hydrogens (primary N) is 1. The number of carbonyl (C=O) groups excluding carboxylic acids is 1. The Hall–Kier alpha value is -1.79. The number of piperidine rings is 1. The lowest BCUT2D eigenvalue weighted by Crippen LogP contribution is -2.52. The fraction of sp³-hybridized carbons (Fsp3) is 0.632. The number of amides is 1. The zero-order valence-electron chi connectivity index (χ0n) is 15.7. The minimum atomic E-state index is 0.0270. The van der Waals surface area contributed by atoms with E-state index in [1.165, 1.54) is 39.0 Å². The molecule has 2 N–H and O–H groups in total. The van der Waals surface area contributed by atoms with E-state index >= 15 is 0 Å². The van der Waals surface area contributed by atoms with Crippen molar-refractivity contribution in [3.8, 4) is 0 Å². The molecule has 0 bridgehead atoms. The maximum absolute atomic E-state index is 11.8. The number of likely N-dealkylation sites (N-methyl/N-ethyl adjacent to an activating group) is 1. The van der Waals surface area contributed by atoms with Crippen LogP contribution in [0.2, 0.25) is 0 Å². The van der Waals surface area contributed by atoms with E-state index in [0.29, 0.717) is 11.7 Å². The van der Waals surface area contributed by atoms with Crippen LogP contribution in [0.25, 0.3) is 0 Å². The minimum Gasteiger partial charge on any atom is -0.399 e. The second kappa shape index (κ2) is 7.62. The Morgan fingerprint density at radius 1 is 1.12 bits per heavy atom. The summed E-state index contributed by atoms with van der Waals surface area (Å²) < 4.78 is 0. The molecule has 0 saturated carbocycles. The predicted molar refractivity (Wildman–Crippen MR) is 104 cm³/mol. The molecule has 6 nitrogen and oxygen atoms in total. The summed E-state index contributed by atoms with van der Waals surface area (Å²) in [4.78, 5) is 21.0. The molecule has 1 amide bonds. The Morgan fingerprint density at radius 3 is 2.36 bits per heavy atom. The van der Waals surface area contributed by atoms with Crippen molar-refractivity contribution in [3.05, 3.63) is 18.2 Å². The van der Waals surface area contributed by atoms with Crippen molar-refractivity contribution < 1.29 is 4.79 Å². The van der Waals surface area contributed by atoms with E-state index < -0.39 is 0 Å². The van der Waals surface area contributed by atoms with Gasteiger partial charge in [0.05, 0.1) is 11.4 Å². The van der Waals surface area contributed by atoms with Gasteiger partial charge in [0.2, 0.25) is 5.91 Å². The molecule has 3 rings (SSSR count). The van der Waals surface area contributed by atoms with Gasteiger partial charge in [-0.1, -0.05) is 0 Å². The number of hydrogen-bond donors (Lipinski definition) is 1. The van der Waals surface area contributed by atoms with Gasteiger partial charge in [-0.25, -0.2) is 0 Å². The Labute approximate surface area is 151 Å². The van der Waals surface area contributed by atoms with Gasteiger partial charge in [-0.2, -0.15) is 0 Å². The van der Waals surface area contributed by atoms with Gasteiger partial charge in [-0.3, -0.25) is 9.69 Å². The van der Waals surface area contributed by atoms with Gasteiger partial charge in [0, 0.05) is 65.0 Å². The molecule has 2 fully saturated rings. The lowest BCUT2D eigenvalue weighted by atomic mass is 10.0. The molecule has 2 saturated heterocycles. The van der Waals surface area contributed by atoms with E-state index in [9.17, 15) is 4.79 Å². The summed E-state index contributed by atoms with van der Waals surface area (Å²) in [7, 11) is 4.02. The van der Waals surface area contributed by atoms with Crippen molar-refractivity contribution in [1.29, 1.82) is 0 Å². The van der Waals surface area contributed by atoms with Crippen LogP contribution in [0.1, 0.15) is 19.8 Å². The minimum absolute atomic E-state index is 0.0270. The summed E-state index contributed by atoms with van der Waals surface area (Å²) in [6.45, 7) is 8.35. The second-order valence-corrected chi connectivity index (χ2v) is 7.38. The third-order valence-corrected chi connectivity index (χ3v) is 5.69. The van der Waals surface area contributed by atoms with Crippen molar-refractivity contribution in [2.24, 2.45) is 0 Å². The number of anilines is 3. The van der Waals surface area contributed by atoms with Crippen LogP contribution in [0.5, 0.6) is 0 Å². The number of rotatable bonds is 3. The monoisotopic (exact) mass is 345 g/mol. The lowest BCUT2D eigenvalue weighted by molar-refractivity contribution is -0.116. The van der Waals surface area contributed by atoms with Crippen LogP contribution in [-0.2, 0) is 4.79 Å². The predicted octanol–water partition coefficient (Wildman–Crippen LogP) is 1.47. The van der Waals surface area contributed by atoms with Crippen LogP contribution < -0.4 is 15.5 Å². The van der Waals surface area contributed by atoms with Gasteiger partial charge in [0.25, 0.3) is 0 Å². The molecule has 6 heteroatoms. The molecule has 2 heterocycles. The highest BCUT2D eigenvalue weighted by Crippen LogP contribution is 2.33. The average molecular weight is 345 g/mol. The molecule has 1 aromatic rings. The number of carbonyl (C=O) groups is 1. The highest BCUT2D eigenvalue weighted by molar-refractivity contribution is 5.95. The lowest BCUT2D eigenvalue weighted by Gasteiger charge is -2.43. The largest absolute Gasteiger partial charge is 0.399 e. The molecule has 0 radical (unpaired) electrons. The fourth-order valence-corrected chi connectivity index (χ4v) is 3.91. The normalized spacial score (nSPS) is 20.7. The van der Waals surface area contributed by atoms with E-state index in [-0.39, 0.29) is 5.91 Å². The molecule has 0 aromatic heterocycles. The standard InChI is InChI=1S/C19H31N5O/c1-15(25)22(3)19-14-16(20)4-5-18(19)24-8-6-17(7-9-24)23-12-10-21(2)11-13-23/h4-5,14,17H,6-13,20H2,1-3H3. The number of nitrogen functional groups attached to an aromatic ring is 1. The van der Waals surface area contributed by atoms with Crippen LogP contribution in [-0.4, -0.2) is 75.1 Å². The van der Waals surface area contributed by atoms with Gasteiger partial charge in [0.1, 0.15) is 0 Å². The Morgan fingerprint density at radius 2 is 1.76 bits per heavy atom. The summed E-state index contributed by atoms with van der Waals surface area (Å²) in [5.74, 6) is 0.0270. The zero-order valence-corrected chi connectivity index (χ0v) is 15.7. The van der Waals surface area contributed by atoms with Crippen molar-refractivity contribution in [3.63, 3.8) is 0 Å². The third kappa shape index (κ3) is 4.07. The maximum atomic E-state index is 11.8. The summed E-state index contributed by atoms with van der Waals surface area (Å²) in [5, 5.41) is 0. The van der Waals surface area contributed by atoms with Crippen LogP contribution >= 0.6 is 0 Å². The van der Waals surface area contributed by atoms with Gasteiger partial charge in [0.15, 0.2) is 0 Å². The van der Waals surface area contributed by atoms with E-state index in [1.54, 1.807) is 11.8 Å². The third-order valence-electron chi connectivity index (χ3n) is 5.69. The first kappa shape index (κ1) is 18.0. The van der Waals surface area contributed by atoms with Crippen LogP contribution in [0.4, 0.5) is 17.1 Å². The van der Waals surface area contributed by atoms with Crippen LogP contribution in [0, 0.1) is 0 Å². The SMILES string of the molecule is CC(=O)N(C)c1cc(N)ccc1N1CCC(N2CCN(C)CC2)CC1. The Kier molecular flexibility index (Phi) is 5.49. The highest BCUT2D eigenvalue weighted by Gasteiger charge is 2.28. The van der Waals surface area contributed by atoms with Crippen molar-refractivity contribution in [1.82, 2.24) is 9.80 Å².